The molecule has 1 aromatic rings. The lowest BCUT2D eigenvalue weighted by Gasteiger charge is -2.24. The van der Waals surface area contributed by atoms with Gasteiger partial charge < -0.3 is 20.1 Å². The molecule has 1 aromatic carbocycles. The monoisotopic (exact) mass is 332 g/mol. The van der Waals surface area contributed by atoms with E-state index in [0.29, 0.717) is 23.5 Å². The van der Waals surface area contributed by atoms with Crippen molar-refractivity contribution in [1.82, 2.24) is 4.90 Å². The van der Waals surface area contributed by atoms with E-state index in [1.807, 2.05) is 0 Å². The number of hydrogen-bond acceptors (Lipinski definition) is 5. The Morgan fingerprint density at radius 2 is 2.21 bits per heavy atom. The van der Waals surface area contributed by atoms with Gasteiger partial charge in [-0.2, -0.15) is 0 Å². The van der Waals surface area contributed by atoms with E-state index < -0.39 is 17.9 Å². The quantitative estimate of drug-likeness (QED) is 0.566. The number of carbonyl (C=O) groups is 3. The number of fused-ring (bicyclic) bond motifs is 1. The molecule has 0 bridgehead atoms. The Morgan fingerprint density at radius 1 is 1.46 bits per heavy atom. The number of primary amides is 1. The number of esters is 1. The summed E-state index contributed by atoms with van der Waals surface area (Å²) in [5, 5.41) is 0. The fourth-order valence-corrected chi connectivity index (χ4v) is 2.67. The van der Waals surface area contributed by atoms with Crippen molar-refractivity contribution in [3.05, 3.63) is 42.0 Å². The summed E-state index contributed by atoms with van der Waals surface area (Å²) in [4.78, 5) is 37.1. The van der Waals surface area contributed by atoms with Crippen LogP contribution < -0.4 is 10.5 Å². The maximum absolute atomic E-state index is 12.6. The molecule has 0 radical (unpaired) electrons. The van der Waals surface area contributed by atoms with Crippen molar-refractivity contribution in [2.45, 2.75) is 25.4 Å². The summed E-state index contributed by atoms with van der Waals surface area (Å²) < 4.78 is 10.1. The zero-order valence-corrected chi connectivity index (χ0v) is 13.5. The molecule has 2 rings (SSSR count). The maximum Gasteiger partial charge on any atom is 0.305 e. The molecule has 2 amide bonds. The van der Waals surface area contributed by atoms with Crippen LogP contribution in [0.1, 0.15) is 28.8 Å². The molecule has 7 heteroatoms. The van der Waals surface area contributed by atoms with Crippen molar-refractivity contribution < 1.29 is 23.9 Å². The van der Waals surface area contributed by atoms with Crippen LogP contribution in [0, 0.1) is 0 Å². The van der Waals surface area contributed by atoms with E-state index in [0.717, 1.165) is 0 Å². The molecule has 0 saturated carbocycles. The van der Waals surface area contributed by atoms with E-state index in [2.05, 4.69) is 11.3 Å². The Hall–Kier alpha value is -2.83. The van der Waals surface area contributed by atoms with Crippen molar-refractivity contribution in [2.24, 2.45) is 5.73 Å². The number of ether oxygens (including phenoxy) is 2. The molecular formula is C17H20N2O5. The molecule has 128 valence electrons. The highest BCUT2D eigenvalue weighted by Gasteiger charge is 2.37. The van der Waals surface area contributed by atoms with Crippen molar-refractivity contribution in [1.29, 1.82) is 0 Å². The van der Waals surface area contributed by atoms with Gasteiger partial charge in [0.05, 0.1) is 13.7 Å². The first-order valence-corrected chi connectivity index (χ1v) is 7.52. The number of nitrogens with zero attached hydrogens (tertiary/aromatic N) is 1. The number of rotatable bonds is 8. The highest BCUT2D eigenvalue weighted by atomic mass is 16.5. The summed E-state index contributed by atoms with van der Waals surface area (Å²) in [7, 11) is 1.27. The van der Waals surface area contributed by atoms with Gasteiger partial charge in [-0.25, -0.2) is 0 Å². The van der Waals surface area contributed by atoms with Gasteiger partial charge in [0.1, 0.15) is 18.4 Å². The Kier molecular flexibility index (Phi) is 5.57. The van der Waals surface area contributed by atoms with Gasteiger partial charge in [0.15, 0.2) is 0 Å². The highest BCUT2D eigenvalue weighted by molar-refractivity contribution is 6.01. The van der Waals surface area contributed by atoms with Crippen molar-refractivity contribution in [3.8, 4) is 5.75 Å². The van der Waals surface area contributed by atoms with Crippen LogP contribution in [0.3, 0.4) is 0 Å². The normalized spacial score (nSPS) is 14.0. The van der Waals surface area contributed by atoms with Crippen LogP contribution in [0.2, 0.25) is 0 Å². The van der Waals surface area contributed by atoms with Crippen LogP contribution in [0.4, 0.5) is 0 Å². The van der Waals surface area contributed by atoms with E-state index in [1.165, 1.54) is 12.0 Å². The van der Waals surface area contributed by atoms with Crippen molar-refractivity contribution in [3.63, 3.8) is 0 Å². The molecule has 7 nitrogen and oxygen atoms in total. The molecule has 1 aliphatic heterocycles. The summed E-state index contributed by atoms with van der Waals surface area (Å²) >= 11 is 0. The molecule has 1 unspecified atom stereocenters. The summed E-state index contributed by atoms with van der Waals surface area (Å²) in [6, 6.07) is 4.27. The minimum Gasteiger partial charge on any atom is -0.489 e. The van der Waals surface area contributed by atoms with Gasteiger partial charge in [-0.05, 0) is 18.6 Å². The van der Waals surface area contributed by atoms with Gasteiger partial charge in [0.25, 0.3) is 5.91 Å². The first kappa shape index (κ1) is 17.5. The average Bonchev–Trinajstić information content (AvgIpc) is 2.90. The Balaban J connectivity index is 2.22. The Morgan fingerprint density at radius 3 is 2.83 bits per heavy atom. The third-order valence-electron chi connectivity index (χ3n) is 3.86. The van der Waals surface area contributed by atoms with Gasteiger partial charge in [0.2, 0.25) is 5.91 Å². The molecule has 1 heterocycles. The molecule has 0 fully saturated rings. The molecule has 0 spiro atoms. The number of methoxy groups -OCH3 is 1. The van der Waals surface area contributed by atoms with Crippen LogP contribution in [0.5, 0.6) is 5.75 Å². The second-order valence-corrected chi connectivity index (χ2v) is 5.35. The number of hydrogen-bond donors (Lipinski definition) is 1. The first-order chi connectivity index (χ1) is 11.5. The molecule has 2 N–H and O–H groups in total. The third-order valence-corrected chi connectivity index (χ3v) is 3.86. The third kappa shape index (κ3) is 3.56. The predicted octanol–water partition coefficient (Wildman–Crippen LogP) is 1.01. The van der Waals surface area contributed by atoms with Crippen LogP contribution in [-0.4, -0.2) is 42.4 Å². The van der Waals surface area contributed by atoms with E-state index >= 15 is 0 Å². The number of benzene rings is 1. The van der Waals surface area contributed by atoms with Crippen LogP contribution >= 0.6 is 0 Å². The summed E-state index contributed by atoms with van der Waals surface area (Å²) in [6.07, 6.45) is 1.73. The van der Waals surface area contributed by atoms with Gasteiger partial charge in [0, 0.05) is 17.5 Å². The van der Waals surface area contributed by atoms with Crippen molar-refractivity contribution >= 4 is 17.8 Å². The Labute approximate surface area is 140 Å². The van der Waals surface area contributed by atoms with Crippen LogP contribution in [0.25, 0.3) is 0 Å². The van der Waals surface area contributed by atoms with E-state index in [-0.39, 0.29) is 25.3 Å². The van der Waals surface area contributed by atoms with Gasteiger partial charge in [-0.15, -0.1) is 0 Å². The minimum atomic E-state index is -0.878. The van der Waals surface area contributed by atoms with E-state index in [1.54, 1.807) is 24.3 Å². The molecule has 0 aliphatic carbocycles. The zero-order valence-electron chi connectivity index (χ0n) is 13.5. The highest BCUT2D eigenvalue weighted by Crippen LogP contribution is 2.32. The summed E-state index contributed by atoms with van der Waals surface area (Å²) in [6.45, 7) is 4.11. The smallest absolute Gasteiger partial charge is 0.305 e. The second-order valence-electron chi connectivity index (χ2n) is 5.35. The second kappa shape index (κ2) is 7.63. The zero-order chi connectivity index (χ0) is 17.7. The summed E-state index contributed by atoms with van der Waals surface area (Å²) in [5.41, 5.74) is 6.61. The fraction of sp³-hybridized carbons (Fsp3) is 0.353. The first-order valence-electron chi connectivity index (χ1n) is 7.52. The number of carbonyl (C=O) groups excluding carboxylic acids is 3. The lowest BCUT2D eigenvalue weighted by molar-refractivity contribution is -0.141. The SMILES string of the molecule is C=CCOc1cccc2c1CN(C(CCC(=O)OC)C(N)=O)C2=O. The van der Waals surface area contributed by atoms with Crippen LogP contribution in [-0.2, 0) is 20.9 Å². The van der Waals surface area contributed by atoms with Gasteiger partial charge in [-0.1, -0.05) is 18.7 Å². The molecule has 1 atom stereocenters. The average molecular weight is 332 g/mol. The lowest BCUT2D eigenvalue weighted by atomic mass is 10.1. The molecule has 24 heavy (non-hydrogen) atoms. The molecule has 0 saturated heterocycles. The van der Waals surface area contributed by atoms with Crippen molar-refractivity contribution in [2.75, 3.05) is 13.7 Å². The molecular weight excluding hydrogens is 312 g/mol. The predicted molar refractivity (Wildman–Crippen MR) is 86.2 cm³/mol. The van der Waals surface area contributed by atoms with Crippen LogP contribution in [0.15, 0.2) is 30.9 Å². The fourth-order valence-electron chi connectivity index (χ4n) is 2.67. The number of amides is 2. The number of nitrogens with two attached hydrogens (primary N) is 1. The lowest BCUT2D eigenvalue weighted by Crippen LogP contribution is -2.45. The topological polar surface area (TPSA) is 98.9 Å². The maximum atomic E-state index is 12.6. The van der Waals surface area contributed by atoms with E-state index in [4.69, 9.17) is 10.5 Å². The van der Waals surface area contributed by atoms with Gasteiger partial charge in [-0.3, -0.25) is 14.4 Å². The largest absolute Gasteiger partial charge is 0.489 e. The standard InChI is InChI=1S/C17H20N2O5/c1-3-9-24-14-6-4-5-11-12(14)10-19(17(11)22)13(16(18)21)7-8-15(20)23-2/h3-6,13H,1,7-10H2,2H3,(H2,18,21). The van der Waals surface area contributed by atoms with E-state index in [9.17, 15) is 14.4 Å². The molecule has 0 aromatic heterocycles. The van der Waals surface area contributed by atoms with Gasteiger partial charge >= 0.3 is 5.97 Å². The molecule has 1 aliphatic rings. The summed E-state index contributed by atoms with van der Waals surface area (Å²) in [5.74, 6) is -0.851. The minimum absolute atomic E-state index is 0.00402. The Bertz CT molecular complexity index is 671.